The van der Waals surface area contributed by atoms with E-state index in [4.69, 9.17) is 9.47 Å². The van der Waals surface area contributed by atoms with Crippen LogP contribution in [-0.2, 0) is 14.3 Å². The average Bonchev–Trinajstić information content (AvgIpc) is 3.32. The Hall–Kier alpha value is -2.61. The van der Waals surface area contributed by atoms with E-state index < -0.39 is 0 Å². The molecule has 8 heteroatoms. The molecule has 2 aliphatic rings. The van der Waals surface area contributed by atoms with Gasteiger partial charge in [-0.05, 0) is 43.5 Å². The molecule has 1 aromatic carbocycles. The third-order valence-electron chi connectivity index (χ3n) is 5.43. The largest absolute Gasteiger partial charge is 0.494 e. The molecule has 1 atom stereocenters. The standard InChI is InChI=1S/C22H31N3O5/c1-2-3-14-29-18-8-6-17(7-9-18)21(27)23-16-20(26)24-10-12-25(13-11-24)22(28)19-5-4-15-30-19/h6-9,19H,2-5,10-16H2,1H3,(H,23,27). The zero-order valence-corrected chi connectivity index (χ0v) is 17.6. The van der Waals surface area contributed by atoms with Gasteiger partial charge in [0.15, 0.2) is 0 Å². The Labute approximate surface area is 177 Å². The lowest BCUT2D eigenvalue weighted by molar-refractivity contribution is -0.145. The predicted octanol–water partition coefficient (Wildman–Crippen LogP) is 1.45. The molecule has 0 bridgehead atoms. The first-order valence-electron chi connectivity index (χ1n) is 10.8. The lowest BCUT2D eigenvalue weighted by atomic mass is 10.2. The molecule has 3 amide bonds. The Morgan fingerprint density at radius 2 is 1.80 bits per heavy atom. The first-order valence-corrected chi connectivity index (χ1v) is 10.8. The van der Waals surface area contributed by atoms with Crippen molar-refractivity contribution in [2.75, 3.05) is 45.9 Å². The van der Waals surface area contributed by atoms with Gasteiger partial charge in [-0.2, -0.15) is 0 Å². The highest BCUT2D eigenvalue weighted by atomic mass is 16.5. The smallest absolute Gasteiger partial charge is 0.251 e. The van der Waals surface area contributed by atoms with Gasteiger partial charge in [-0.15, -0.1) is 0 Å². The van der Waals surface area contributed by atoms with E-state index in [1.54, 1.807) is 34.1 Å². The van der Waals surface area contributed by atoms with Gasteiger partial charge in [0.05, 0.1) is 13.2 Å². The lowest BCUT2D eigenvalue weighted by Crippen LogP contribution is -2.54. The SMILES string of the molecule is CCCCOc1ccc(C(=O)NCC(=O)N2CCN(C(=O)C3CCCO3)CC2)cc1. The highest BCUT2D eigenvalue weighted by Crippen LogP contribution is 2.16. The van der Waals surface area contributed by atoms with E-state index in [0.717, 1.165) is 31.4 Å². The van der Waals surface area contributed by atoms with Crippen LogP contribution in [0.15, 0.2) is 24.3 Å². The fourth-order valence-corrected chi connectivity index (χ4v) is 3.56. The maximum absolute atomic E-state index is 12.4. The number of carbonyl (C=O) groups excluding carboxylic acids is 3. The molecule has 2 heterocycles. The summed E-state index contributed by atoms with van der Waals surface area (Å²) in [7, 11) is 0. The van der Waals surface area contributed by atoms with E-state index in [2.05, 4.69) is 12.2 Å². The van der Waals surface area contributed by atoms with Crippen LogP contribution in [0.5, 0.6) is 5.75 Å². The van der Waals surface area contributed by atoms with Crippen molar-refractivity contribution in [2.45, 2.75) is 38.7 Å². The van der Waals surface area contributed by atoms with Crippen molar-refractivity contribution in [3.05, 3.63) is 29.8 Å². The lowest BCUT2D eigenvalue weighted by Gasteiger charge is -2.35. The van der Waals surface area contributed by atoms with Gasteiger partial charge in [0.2, 0.25) is 5.91 Å². The van der Waals surface area contributed by atoms with Gasteiger partial charge in [0, 0.05) is 38.3 Å². The summed E-state index contributed by atoms with van der Waals surface area (Å²) in [6.45, 7) is 5.27. The summed E-state index contributed by atoms with van der Waals surface area (Å²) in [6, 6.07) is 6.90. The first-order chi connectivity index (χ1) is 14.6. The molecule has 0 saturated carbocycles. The molecule has 2 saturated heterocycles. The average molecular weight is 418 g/mol. The Morgan fingerprint density at radius 1 is 1.10 bits per heavy atom. The van der Waals surface area contributed by atoms with Crippen molar-refractivity contribution in [3.8, 4) is 5.75 Å². The zero-order valence-electron chi connectivity index (χ0n) is 17.6. The van der Waals surface area contributed by atoms with Crippen LogP contribution >= 0.6 is 0 Å². The Balaban J connectivity index is 1.39. The molecule has 1 N–H and O–H groups in total. The number of nitrogens with one attached hydrogen (secondary N) is 1. The maximum atomic E-state index is 12.4. The van der Waals surface area contributed by atoms with Crippen LogP contribution in [0.4, 0.5) is 0 Å². The topological polar surface area (TPSA) is 88.2 Å². The number of carbonyl (C=O) groups is 3. The number of amides is 3. The van der Waals surface area contributed by atoms with Crippen molar-refractivity contribution in [2.24, 2.45) is 0 Å². The molecule has 1 unspecified atom stereocenters. The molecule has 0 aliphatic carbocycles. The number of hydrogen-bond acceptors (Lipinski definition) is 5. The van der Waals surface area contributed by atoms with Crippen molar-refractivity contribution >= 4 is 17.7 Å². The number of ether oxygens (including phenoxy) is 2. The van der Waals surface area contributed by atoms with Gasteiger partial charge >= 0.3 is 0 Å². The summed E-state index contributed by atoms with van der Waals surface area (Å²) in [5.74, 6) is 0.309. The molecular formula is C22H31N3O5. The highest BCUT2D eigenvalue weighted by molar-refractivity contribution is 5.96. The summed E-state index contributed by atoms with van der Waals surface area (Å²) < 4.78 is 11.0. The molecule has 8 nitrogen and oxygen atoms in total. The summed E-state index contributed by atoms with van der Waals surface area (Å²) in [4.78, 5) is 40.6. The Bertz CT molecular complexity index is 723. The van der Waals surface area contributed by atoms with Gasteiger partial charge in [-0.3, -0.25) is 14.4 Å². The monoisotopic (exact) mass is 417 g/mol. The number of benzene rings is 1. The molecule has 0 spiro atoms. The van der Waals surface area contributed by atoms with Gasteiger partial charge < -0.3 is 24.6 Å². The summed E-state index contributed by atoms with van der Waals surface area (Å²) in [6.07, 6.45) is 3.42. The number of piperazine rings is 1. The van der Waals surface area contributed by atoms with E-state index in [-0.39, 0.29) is 30.4 Å². The second kappa shape index (κ2) is 11.0. The number of unbranched alkanes of at least 4 members (excludes halogenated alkanes) is 1. The number of nitrogens with zero attached hydrogens (tertiary/aromatic N) is 2. The van der Waals surface area contributed by atoms with Gasteiger partial charge in [-0.1, -0.05) is 13.3 Å². The van der Waals surface area contributed by atoms with Crippen molar-refractivity contribution < 1.29 is 23.9 Å². The Kier molecular flexibility index (Phi) is 8.07. The van der Waals surface area contributed by atoms with Gasteiger partial charge in [-0.25, -0.2) is 0 Å². The van der Waals surface area contributed by atoms with Crippen LogP contribution in [0.2, 0.25) is 0 Å². The van der Waals surface area contributed by atoms with Crippen LogP contribution in [0.3, 0.4) is 0 Å². The third kappa shape index (κ3) is 5.95. The van der Waals surface area contributed by atoms with E-state index in [0.29, 0.717) is 45.0 Å². The van der Waals surface area contributed by atoms with Crippen LogP contribution < -0.4 is 10.1 Å². The molecule has 3 rings (SSSR count). The van der Waals surface area contributed by atoms with Gasteiger partial charge in [0.25, 0.3) is 11.8 Å². The van der Waals surface area contributed by atoms with E-state index in [1.165, 1.54) is 0 Å². The van der Waals surface area contributed by atoms with Gasteiger partial charge in [0.1, 0.15) is 11.9 Å². The van der Waals surface area contributed by atoms with Crippen molar-refractivity contribution in [3.63, 3.8) is 0 Å². The van der Waals surface area contributed by atoms with E-state index >= 15 is 0 Å². The van der Waals surface area contributed by atoms with Crippen LogP contribution in [0, 0.1) is 0 Å². The van der Waals surface area contributed by atoms with E-state index in [1.807, 2.05) is 0 Å². The molecule has 0 radical (unpaired) electrons. The fraction of sp³-hybridized carbons (Fsp3) is 0.591. The fourth-order valence-electron chi connectivity index (χ4n) is 3.56. The highest BCUT2D eigenvalue weighted by Gasteiger charge is 2.31. The number of hydrogen-bond donors (Lipinski definition) is 1. The van der Waals surface area contributed by atoms with E-state index in [9.17, 15) is 14.4 Å². The van der Waals surface area contributed by atoms with Crippen LogP contribution in [-0.4, -0.2) is 79.6 Å². The molecule has 164 valence electrons. The minimum Gasteiger partial charge on any atom is -0.494 e. The summed E-state index contributed by atoms with van der Waals surface area (Å²) >= 11 is 0. The second-order valence-corrected chi connectivity index (χ2v) is 7.62. The minimum absolute atomic E-state index is 0.0232. The Morgan fingerprint density at radius 3 is 2.43 bits per heavy atom. The normalized spacial score (nSPS) is 18.9. The molecule has 1 aromatic rings. The minimum atomic E-state index is -0.324. The third-order valence-corrected chi connectivity index (χ3v) is 5.43. The predicted molar refractivity (Wildman–Crippen MR) is 111 cm³/mol. The maximum Gasteiger partial charge on any atom is 0.251 e. The molecule has 0 aromatic heterocycles. The van der Waals surface area contributed by atoms with Crippen LogP contribution in [0.25, 0.3) is 0 Å². The molecular weight excluding hydrogens is 386 g/mol. The quantitative estimate of drug-likeness (QED) is 0.647. The number of rotatable bonds is 8. The summed E-state index contributed by atoms with van der Waals surface area (Å²) in [5, 5.41) is 2.68. The van der Waals surface area contributed by atoms with Crippen molar-refractivity contribution in [1.29, 1.82) is 0 Å². The zero-order chi connectivity index (χ0) is 21.3. The van der Waals surface area contributed by atoms with Crippen molar-refractivity contribution in [1.82, 2.24) is 15.1 Å². The van der Waals surface area contributed by atoms with Crippen LogP contribution in [0.1, 0.15) is 43.0 Å². The first kappa shape index (κ1) is 22.1. The molecule has 2 aliphatic heterocycles. The second-order valence-electron chi connectivity index (χ2n) is 7.62. The summed E-state index contributed by atoms with van der Waals surface area (Å²) in [5.41, 5.74) is 0.484. The molecule has 2 fully saturated rings. The molecule has 30 heavy (non-hydrogen) atoms.